The second kappa shape index (κ2) is 2.40. The van der Waals surface area contributed by atoms with Crippen LogP contribution in [0.4, 0.5) is 4.39 Å². The van der Waals surface area contributed by atoms with Gasteiger partial charge in [0, 0.05) is 5.56 Å². The van der Waals surface area contributed by atoms with Crippen molar-refractivity contribution in [3.63, 3.8) is 0 Å². The van der Waals surface area contributed by atoms with Gasteiger partial charge in [-0.15, -0.1) is 0 Å². The van der Waals surface area contributed by atoms with Crippen LogP contribution in [0.3, 0.4) is 0 Å². The number of rotatable bonds is 1. The van der Waals surface area contributed by atoms with Crippen LogP contribution < -0.4 is 0 Å². The molecular weight excluding hydrogens is 119 g/mol. The van der Waals surface area contributed by atoms with E-state index in [9.17, 15) is 9.18 Å². The van der Waals surface area contributed by atoms with Gasteiger partial charge in [-0.05, 0) is 24.2 Å². The van der Waals surface area contributed by atoms with Gasteiger partial charge < -0.3 is 0 Å². The summed E-state index contributed by atoms with van der Waals surface area (Å²) in [7, 11) is 0. The van der Waals surface area contributed by atoms with Crippen LogP contribution in [-0.2, 0) is 0 Å². The van der Waals surface area contributed by atoms with Gasteiger partial charge >= 0.3 is 0 Å². The summed E-state index contributed by atoms with van der Waals surface area (Å²) in [6, 6.07) is -3.49. The lowest BCUT2D eigenvalue weighted by molar-refractivity contribution is 0.112. The number of benzene rings is 1. The van der Waals surface area contributed by atoms with Gasteiger partial charge in [0.05, 0.1) is 5.48 Å². The Morgan fingerprint density at radius 1 is 1.56 bits per heavy atom. The summed E-state index contributed by atoms with van der Waals surface area (Å²) in [5, 5.41) is 0. The smallest absolute Gasteiger partial charge is 0.150 e. The molecule has 0 bridgehead atoms. The summed E-state index contributed by atoms with van der Waals surface area (Å²) < 4.78 is 47.9. The third-order valence-electron chi connectivity index (χ3n) is 0.697. The van der Waals surface area contributed by atoms with Crippen molar-refractivity contribution in [1.29, 1.82) is 0 Å². The maximum atomic E-state index is 12.9. The van der Waals surface area contributed by atoms with E-state index in [0.29, 0.717) is 0 Å². The zero-order valence-corrected chi connectivity index (χ0v) is 4.29. The summed E-state index contributed by atoms with van der Waals surface area (Å²) in [6.07, 6.45) is -1.36. The molecule has 2 heteroatoms. The Morgan fingerprint density at radius 2 is 2.11 bits per heavy atom. The summed E-state index contributed by atoms with van der Waals surface area (Å²) in [5.74, 6) is -1.31. The van der Waals surface area contributed by atoms with E-state index in [-0.39, 0.29) is 0 Å². The van der Waals surface area contributed by atoms with Crippen molar-refractivity contribution in [2.75, 3.05) is 0 Å². The molecule has 0 aliphatic heterocycles. The fourth-order valence-electron chi connectivity index (χ4n) is 0.348. The normalized spacial score (nSPS) is 16.8. The molecule has 0 unspecified atom stereocenters. The van der Waals surface area contributed by atoms with Crippen LogP contribution in [0, 0.1) is 5.82 Å². The van der Waals surface area contributed by atoms with Crippen LogP contribution in [0.1, 0.15) is 17.2 Å². The van der Waals surface area contributed by atoms with E-state index in [0.717, 1.165) is 0 Å². The topological polar surface area (TPSA) is 17.1 Å². The van der Waals surface area contributed by atoms with Crippen LogP contribution in [0.25, 0.3) is 0 Å². The average molecular weight is 129 g/mol. The van der Waals surface area contributed by atoms with Crippen LogP contribution in [0.5, 0.6) is 0 Å². The Morgan fingerprint density at radius 3 is 2.56 bits per heavy atom. The summed E-state index contributed by atoms with van der Waals surface area (Å²) >= 11 is 0. The summed E-state index contributed by atoms with van der Waals surface area (Å²) in [6.45, 7) is 0. The van der Waals surface area contributed by atoms with Crippen LogP contribution in [0.15, 0.2) is 24.2 Å². The molecule has 1 aromatic rings. The van der Waals surface area contributed by atoms with E-state index in [1.165, 1.54) is 0 Å². The molecular formula is C7H5FO. The van der Waals surface area contributed by atoms with E-state index in [4.69, 9.17) is 6.85 Å². The number of carbonyl (C=O) groups is 1. The van der Waals surface area contributed by atoms with Gasteiger partial charge in [0.15, 0.2) is 0 Å². The molecule has 1 nitrogen and oxygen atoms in total. The van der Waals surface area contributed by atoms with E-state index < -0.39 is 41.8 Å². The van der Waals surface area contributed by atoms with Crippen molar-refractivity contribution < 1.29 is 16.0 Å². The zero-order chi connectivity index (χ0) is 11.0. The number of aldehydes is 1. The highest BCUT2D eigenvalue weighted by atomic mass is 19.1. The second-order valence-corrected chi connectivity index (χ2v) is 1.29. The Hall–Kier alpha value is -1.18. The lowest BCUT2D eigenvalue weighted by atomic mass is 10.2. The van der Waals surface area contributed by atoms with E-state index >= 15 is 0 Å². The minimum Gasteiger partial charge on any atom is -0.298 e. The largest absolute Gasteiger partial charge is 0.298 e. The van der Waals surface area contributed by atoms with Crippen LogP contribution in [0.2, 0.25) is 0 Å². The number of hydrogen-bond donors (Lipinski definition) is 0. The van der Waals surface area contributed by atoms with E-state index in [2.05, 4.69) is 0 Å². The van der Waals surface area contributed by atoms with Crippen molar-refractivity contribution in [3.05, 3.63) is 35.6 Å². The minimum absolute atomic E-state index is 0.707. The van der Waals surface area contributed by atoms with Gasteiger partial charge in [-0.1, -0.05) is 0 Å². The highest BCUT2D eigenvalue weighted by molar-refractivity contribution is 5.74. The summed E-state index contributed by atoms with van der Waals surface area (Å²) in [4.78, 5) is 10.6. The van der Waals surface area contributed by atoms with Gasteiger partial charge in [0.25, 0.3) is 0 Å². The first kappa shape index (κ1) is 2.21. The monoisotopic (exact) mass is 129 g/mol. The maximum Gasteiger partial charge on any atom is 0.150 e. The van der Waals surface area contributed by atoms with Crippen LogP contribution >= 0.6 is 0 Å². The average Bonchev–Trinajstić information content (AvgIpc) is 2.11. The van der Waals surface area contributed by atoms with E-state index in [1.807, 2.05) is 0 Å². The number of hydrogen-bond acceptors (Lipinski definition) is 1. The first-order chi connectivity index (χ1) is 6.37. The van der Waals surface area contributed by atoms with Gasteiger partial charge in [0.2, 0.25) is 0 Å². The van der Waals surface area contributed by atoms with Crippen molar-refractivity contribution in [2.24, 2.45) is 0 Å². The molecule has 0 heterocycles. The molecule has 1 rings (SSSR count). The Kier molecular flexibility index (Phi) is 0.589. The van der Waals surface area contributed by atoms with Crippen molar-refractivity contribution >= 4 is 6.26 Å². The molecule has 0 atom stereocenters. The molecule has 46 valence electrons. The Labute approximate surface area is 59.1 Å². The van der Waals surface area contributed by atoms with Crippen molar-refractivity contribution in [1.82, 2.24) is 0 Å². The molecule has 0 aliphatic rings. The highest BCUT2D eigenvalue weighted by Gasteiger charge is 1.87. The molecule has 0 amide bonds. The molecule has 0 fully saturated rings. The first-order valence-electron chi connectivity index (χ1n) is 4.64. The standard InChI is InChI=1S/C7H5FO/c8-7-3-1-6(5-9)2-4-7/h1-5H/i1D,2D,3D,4D,5D. The fourth-order valence-corrected chi connectivity index (χ4v) is 0.348. The highest BCUT2D eigenvalue weighted by Crippen LogP contribution is 1.98. The Balaban J connectivity index is 3.68. The molecule has 9 heavy (non-hydrogen) atoms. The van der Waals surface area contributed by atoms with Gasteiger partial charge in [-0.25, -0.2) is 4.39 Å². The van der Waals surface area contributed by atoms with Crippen molar-refractivity contribution in [2.45, 2.75) is 0 Å². The third-order valence-corrected chi connectivity index (χ3v) is 0.697. The predicted molar refractivity (Wildman–Crippen MR) is 31.8 cm³/mol. The zero-order valence-electron chi connectivity index (χ0n) is 9.29. The van der Waals surface area contributed by atoms with Gasteiger partial charge in [-0.3, -0.25) is 4.79 Å². The number of carbonyl (C=O) groups excluding carboxylic acids is 1. The van der Waals surface area contributed by atoms with Crippen LogP contribution in [-0.4, -0.2) is 6.26 Å². The molecule has 1 aromatic carbocycles. The molecule has 0 saturated carbocycles. The first-order valence-corrected chi connectivity index (χ1v) is 2.14. The van der Waals surface area contributed by atoms with E-state index in [1.54, 1.807) is 0 Å². The molecule has 0 saturated heterocycles. The number of halogens is 1. The third kappa shape index (κ3) is 1.35. The quantitative estimate of drug-likeness (QED) is 0.527. The maximum absolute atomic E-state index is 12.9. The Bertz CT molecular complexity index is 388. The van der Waals surface area contributed by atoms with Gasteiger partial charge in [-0.2, -0.15) is 0 Å². The van der Waals surface area contributed by atoms with Crippen molar-refractivity contribution in [3.8, 4) is 0 Å². The molecule has 0 spiro atoms. The van der Waals surface area contributed by atoms with Gasteiger partial charge in [0.1, 0.15) is 13.5 Å². The lowest BCUT2D eigenvalue weighted by Gasteiger charge is -1.86. The minimum atomic E-state index is -1.36. The lowest BCUT2D eigenvalue weighted by Crippen LogP contribution is -1.77. The summed E-state index contributed by atoms with van der Waals surface area (Å²) in [5.41, 5.74) is -0.707. The molecule has 0 N–H and O–H groups in total. The second-order valence-electron chi connectivity index (χ2n) is 1.29. The molecule has 0 aliphatic carbocycles. The molecule has 0 radical (unpaired) electrons. The predicted octanol–water partition coefficient (Wildman–Crippen LogP) is 1.64. The SMILES string of the molecule is [2H]C(=O)c1c([2H])c([2H])c(F)c([2H])c1[2H]. The molecule has 0 aromatic heterocycles. The fraction of sp³-hybridized carbons (Fsp3) is 0.